The van der Waals surface area contributed by atoms with Crippen LogP contribution in [-0.4, -0.2) is 47.0 Å². The summed E-state index contributed by atoms with van der Waals surface area (Å²) >= 11 is 1.63. The van der Waals surface area contributed by atoms with Gasteiger partial charge in [-0.2, -0.15) is 11.3 Å². The molecule has 0 spiro atoms. The van der Waals surface area contributed by atoms with Gasteiger partial charge in [0.25, 0.3) is 0 Å². The summed E-state index contributed by atoms with van der Waals surface area (Å²) < 4.78 is 0. The lowest BCUT2D eigenvalue weighted by Gasteiger charge is -2.34. The molecule has 0 saturated carbocycles. The molecule has 0 aromatic carbocycles. The fourth-order valence-electron chi connectivity index (χ4n) is 2.22. The summed E-state index contributed by atoms with van der Waals surface area (Å²) in [5.74, 6) is 0.799. The second-order valence-corrected chi connectivity index (χ2v) is 5.53. The van der Waals surface area contributed by atoms with Crippen molar-refractivity contribution in [3.05, 3.63) is 46.9 Å². The van der Waals surface area contributed by atoms with Crippen LogP contribution in [0.2, 0.25) is 0 Å². The third-order valence-electron chi connectivity index (χ3n) is 3.39. The van der Waals surface area contributed by atoms with Gasteiger partial charge in [0.2, 0.25) is 11.9 Å². The van der Waals surface area contributed by atoms with Crippen molar-refractivity contribution in [3.8, 4) is 0 Å². The zero-order valence-electron chi connectivity index (χ0n) is 11.6. The van der Waals surface area contributed by atoms with Crippen molar-refractivity contribution in [1.29, 1.82) is 0 Å². The number of amides is 1. The van der Waals surface area contributed by atoms with Gasteiger partial charge in [-0.05, 0) is 34.5 Å². The molecule has 0 bridgehead atoms. The molecule has 1 aliphatic heterocycles. The van der Waals surface area contributed by atoms with Crippen LogP contribution in [0, 0.1) is 0 Å². The minimum atomic E-state index is 0.0647. The van der Waals surface area contributed by atoms with Gasteiger partial charge in [-0.25, -0.2) is 9.97 Å². The Kier molecular flexibility index (Phi) is 4.25. The molecule has 0 radical (unpaired) electrons. The first-order valence-electron chi connectivity index (χ1n) is 6.84. The molecule has 0 N–H and O–H groups in total. The number of hydrogen-bond donors (Lipinski definition) is 0. The van der Waals surface area contributed by atoms with E-state index in [-0.39, 0.29) is 5.91 Å². The molecule has 108 valence electrons. The number of carbonyl (C=O) groups excluding carboxylic acids is 1. The predicted molar refractivity (Wildman–Crippen MR) is 84.2 cm³/mol. The molecule has 0 atom stereocenters. The molecular formula is C15H16N4OS. The second-order valence-electron chi connectivity index (χ2n) is 4.75. The lowest BCUT2D eigenvalue weighted by molar-refractivity contribution is -0.126. The van der Waals surface area contributed by atoms with E-state index in [1.807, 2.05) is 27.8 Å². The first kappa shape index (κ1) is 13.8. The highest BCUT2D eigenvalue weighted by Gasteiger charge is 2.20. The van der Waals surface area contributed by atoms with Gasteiger partial charge in [0.05, 0.1) is 0 Å². The highest BCUT2D eigenvalue weighted by atomic mass is 32.1. The van der Waals surface area contributed by atoms with Gasteiger partial charge in [0.15, 0.2) is 0 Å². The zero-order chi connectivity index (χ0) is 14.5. The number of aromatic nitrogens is 2. The van der Waals surface area contributed by atoms with E-state index in [1.54, 1.807) is 35.9 Å². The number of rotatable bonds is 3. The zero-order valence-corrected chi connectivity index (χ0v) is 12.4. The summed E-state index contributed by atoms with van der Waals surface area (Å²) in [6, 6.07) is 3.80. The van der Waals surface area contributed by atoms with E-state index in [0.717, 1.165) is 24.6 Å². The van der Waals surface area contributed by atoms with Crippen LogP contribution in [0.1, 0.15) is 5.56 Å². The van der Waals surface area contributed by atoms with Gasteiger partial charge in [-0.3, -0.25) is 4.79 Å². The normalized spacial score (nSPS) is 15.6. The Morgan fingerprint density at radius 2 is 1.95 bits per heavy atom. The van der Waals surface area contributed by atoms with E-state index in [4.69, 9.17) is 0 Å². The molecule has 1 fully saturated rings. The summed E-state index contributed by atoms with van der Waals surface area (Å²) in [4.78, 5) is 24.6. The Bertz CT molecular complexity index is 604. The van der Waals surface area contributed by atoms with Gasteiger partial charge in [-0.1, -0.05) is 0 Å². The molecular weight excluding hydrogens is 284 g/mol. The molecule has 3 rings (SSSR count). The number of carbonyl (C=O) groups is 1. The van der Waals surface area contributed by atoms with E-state index < -0.39 is 0 Å². The Hall–Kier alpha value is -2.21. The quantitative estimate of drug-likeness (QED) is 0.812. The summed E-state index contributed by atoms with van der Waals surface area (Å²) in [6.45, 7) is 2.93. The molecule has 1 amide bonds. The van der Waals surface area contributed by atoms with Crippen LogP contribution in [0.4, 0.5) is 5.95 Å². The van der Waals surface area contributed by atoms with Crippen LogP contribution in [0.5, 0.6) is 0 Å². The standard InChI is InChI=1S/C15H16N4OS/c20-14(3-2-13-4-11-21-12-13)18-7-9-19(10-8-18)15-16-5-1-6-17-15/h1-6,11-12H,7-10H2/b3-2+. The molecule has 2 aromatic heterocycles. The van der Waals surface area contributed by atoms with Gasteiger partial charge in [0, 0.05) is 44.6 Å². The Balaban J connectivity index is 1.55. The molecule has 1 aliphatic rings. The maximum Gasteiger partial charge on any atom is 0.246 e. The molecule has 2 aromatic rings. The summed E-state index contributed by atoms with van der Waals surface area (Å²) in [6.07, 6.45) is 7.00. The van der Waals surface area contributed by atoms with Crippen molar-refractivity contribution >= 4 is 29.3 Å². The highest BCUT2D eigenvalue weighted by molar-refractivity contribution is 7.08. The Labute approximate surface area is 127 Å². The van der Waals surface area contributed by atoms with E-state index in [1.165, 1.54) is 0 Å². The third kappa shape index (κ3) is 3.46. The van der Waals surface area contributed by atoms with E-state index in [0.29, 0.717) is 13.1 Å². The van der Waals surface area contributed by atoms with Crippen LogP contribution in [0.15, 0.2) is 41.4 Å². The second kappa shape index (κ2) is 6.49. The number of piperazine rings is 1. The lowest BCUT2D eigenvalue weighted by atomic mass is 10.2. The predicted octanol–water partition coefficient (Wildman–Crippen LogP) is 1.90. The Morgan fingerprint density at radius 3 is 2.62 bits per heavy atom. The first-order chi connectivity index (χ1) is 10.3. The smallest absolute Gasteiger partial charge is 0.246 e. The number of anilines is 1. The molecule has 3 heterocycles. The van der Waals surface area contributed by atoms with Crippen molar-refractivity contribution in [1.82, 2.24) is 14.9 Å². The van der Waals surface area contributed by atoms with Crippen molar-refractivity contribution in [3.63, 3.8) is 0 Å². The maximum atomic E-state index is 12.1. The maximum absolute atomic E-state index is 12.1. The van der Waals surface area contributed by atoms with E-state index >= 15 is 0 Å². The Morgan fingerprint density at radius 1 is 1.19 bits per heavy atom. The van der Waals surface area contributed by atoms with E-state index in [2.05, 4.69) is 14.9 Å². The molecule has 0 aliphatic carbocycles. The largest absolute Gasteiger partial charge is 0.337 e. The molecule has 5 nitrogen and oxygen atoms in total. The monoisotopic (exact) mass is 300 g/mol. The topological polar surface area (TPSA) is 49.3 Å². The van der Waals surface area contributed by atoms with Crippen molar-refractivity contribution < 1.29 is 4.79 Å². The SMILES string of the molecule is O=C(/C=C/c1ccsc1)N1CCN(c2ncccn2)CC1. The van der Waals surface area contributed by atoms with Gasteiger partial charge >= 0.3 is 0 Å². The van der Waals surface area contributed by atoms with Crippen LogP contribution in [-0.2, 0) is 4.79 Å². The average molecular weight is 300 g/mol. The van der Waals surface area contributed by atoms with E-state index in [9.17, 15) is 4.79 Å². The van der Waals surface area contributed by atoms with Gasteiger partial charge in [0.1, 0.15) is 0 Å². The molecule has 1 saturated heterocycles. The van der Waals surface area contributed by atoms with Crippen LogP contribution < -0.4 is 4.90 Å². The van der Waals surface area contributed by atoms with Crippen molar-refractivity contribution in [2.75, 3.05) is 31.1 Å². The summed E-state index contributed by atoms with van der Waals surface area (Å²) in [5.41, 5.74) is 1.07. The average Bonchev–Trinajstić information content (AvgIpc) is 3.07. The molecule has 21 heavy (non-hydrogen) atoms. The van der Waals surface area contributed by atoms with Crippen LogP contribution >= 0.6 is 11.3 Å². The van der Waals surface area contributed by atoms with Crippen molar-refractivity contribution in [2.45, 2.75) is 0 Å². The highest BCUT2D eigenvalue weighted by Crippen LogP contribution is 2.11. The summed E-state index contributed by atoms with van der Waals surface area (Å²) in [5, 5.41) is 4.03. The van der Waals surface area contributed by atoms with Crippen molar-refractivity contribution in [2.24, 2.45) is 0 Å². The minimum Gasteiger partial charge on any atom is -0.337 e. The summed E-state index contributed by atoms with van der Waals surface area (Å²) in [7, 11) is 0. The molecule has 0 unspecified atom stereocenters. The van der Waals surface area contributed by atoms with Gasteiger partial charge in [-0.15, -0.1) is 0 Å². The molecule has 6 heteroatoms. The van der Waals surface area contributed by atoms with Crippen LogP contribution in [0.25, 0.3) is 6.08 Å². The van der Waals surface area contributed by atoms with Crippen LogP contribution in [0.3, 0.4) is 0 Å². The number of thiophene rings is 1. The first-order valence-corrected chi connectivity index (χ1v) is 7.78. The van der Waals surface area contributed by atoms with Gasteiger partial charge < -0.3 is 9.80 Å². The fraction of sp³-hybridized carbons (Fsp3) is 0.267. The number of hydrogen-bond acceptors (Lipinski definition) is 5. The third-order valence-corrected chi connectivity index (χ3v) is 4.09. The lowest BCUT2D eigenvalue weighted by Crippen LogP contribution is -2.48. The fourth-order valence-corrected chi connectivity index (χ4v) is 2.85. The minimum absolute atomic E-state index is 0.0647. The number of nitrogens with zero attached hydrogens (tertiary/aromatic N) is 4.